The Balaban J connectivity index is 1.70. The van der Waals surface area contributed by atoms with Gasteiger partial charge < -0.3 is 10.2 Å². The molecule has 0 saturated carbocycles. The summed E-state index contributed by atoms with van der Waals surface area (Å²) < 4.78 is 0. The second-order valence-electron chi connectivity index (χ2n) is 4.96. The first-order valence-corrected chi connectivity index (χ1v) is 7.85. The highest BCUT2D eigenvalue weighted by Crippen LogP contribution is 2.10. The van der Waals surface area contributed by atoms with Gasteiger partial charge in [-0.1, -0.05) is 0 Å². The summed E-state index contributed by atoms with van der Waals surface area (Å²) in [5, 5.41) is 6.75. The van der Waals surface area contributed by atoms with Crippen molar-refractivity contribution in [1.82, 2.24) is 15.1 Å². The van der Waals surface area contributed by atoms with Gasteiger partial charge in [0.25, 0.3) is 0 Å². The van der Waals surface area contributed by atoms with E-state index in [2.05, 4.69) is 21.7 Å². The second kappa shape index (κ2) is 7.40. The van der Waals surface area contributed by atoms with E-state index in [1.165, 1.54) is 5.56 Å². The topological polar surface area (TPSA) is 52.7 Å². The number of likely N-dealkylation sites (N-methyl/N-ethyl adjacent to an activating group) is 1. The van der Waals surface area contributed by atoms with E-state index in [0.29, 0.717) is 13.0 Å². The van der Waals surface area contributed by atoms with Crippen LogP contribution in [0.1, 0.15) is 12.0 Å². The van der Waals surface area contributed by atoms with Crippen LogP contribution in [-0.2, 0) is 16.0 Å². The zero-order valence-corrected chi connectivity index (χ0v) is 12.6. The van der Waals surface area contributed by atoms with Crippen LogP contribution in [0.2, 0.25) is 0 Å². The van der Waals surface area contributed by atoms with Crippen molar-refractivity contribution in [3.63, 3.8) is 0 Å². The molecule has 0 atom stereocenters. The number of rotatable bonds is 5. The molecule has 1 saturated heterocycles. The van der Waals surface area contributed by atoms with Crippen LogP contribution in [0.15, 0.2) is 16.8 Å². The highest BCUT2D eigenvalue weighted by Gasteiger charge is 2.21. The highest BCUT2D eigenvalue weighted by atomic mass is 32.1. The van der Waals surface area contributed by atoms with Gasteiger partial charge in [-0.15, -0.1) is 0 Å². The van der Waals surface area contributed by atoms with Gasteiger partial charge in [-0.3, -0.25) is 14.5 Å². The molecule has 1 aromatic heterocycles. The number of thiophene rings is 1. The SMILES string of the molecule is CNC(=O)CN1CCN(C(=O)CCc2ccsc2)CC1. The molecule has 0 bridgehead atoms. The molecule has 1 fully saturated rings. The largest absolute Gasteiger partial charge is 0.358 e. The van der Waals surface area contributed by atoms with Gasteiger partial charge >= 0.3 is 0 Å². The zero-order chi connectivity index (χ0) is 14.4. The Labute approximate surface area is 123 Å². The van der Waals surface area contributed by atoms with Gasteiger partial charge in [-0.2, -0.15) is 11.3 Å². The predicted octanol–water partition coefficient (Wildman–Crippen LogP) is 0.571. The number of nitrogens with one attached hydrogen (secondary N) is 1. The highest BCUT2D eigenvalue weighted by molar-refractivity contribution is 7.07. The molecule has 0 aromatic carbocycles. The summed E-state index contributed by atoms with van der Waals surface area (Å²) in [6.45, 7) is 3.42. The van der Waals surface area contributed by atoms with Crippen molar-refractivity contribution in [2.45, 2.75) is 12.8 Å². The number of hydrogen-bond donors (Lipinski definition) is 1. The van der Waals surface area contributed by atoms with Crippen molar-refractivity contribution in [2.24, 2.45) is 0 Å². The molecule has 1 aromatic rings. The molecule has 0 unspecified atom stereocenters. The molecular weight excluding hydrogens is 274 g/mol. The molecule has 5 nitrogen and oxygen atoms in total. The van der Waals surface area contributed by atoms with E-state index in [0.717, 1.165) is 32.6 Å². The number of nitrogens with zero attached hydrogens (tertiary/aromatic N) is 2. The van der Waals surface area contributed by atoms with Crippen LogP contribution < -0.4 is 5.32 Å². The Kier molecular flexibility index (Phi) is 5.55. The van der Waals surface area contributed by atoms with Gasteiger partial charge in [-0.25, -0.2) is 0 Å². The van der Waals surface area contributed by atoms with Crippen molar-refractivity contribution >= 4 is 23.2 Å². The van der Waals surface area contributed by atoms with Crippen LogP contribution in [0.4, 0.5) is 0 Å². The van der Waals surface area contributed by atoms with Crippen molar-refractivity contribution in [1.29, 1.82) is 0 Å². The molecule has 2 heterocycles. The van der Waals surface area contributed by atoms with E-state index in [4.69, 9.17) is 0 Å². The first-order valence-electron chi connectivity index (χ1n) is 6.91. The number of carbonyl (C=O) groups is 2. The minimum atomic E-state index is 0.0298. The monoisotopic (exact) mass is 295 g/mol. The quantitative estimate of drug-likeness (QED) is 0.864. The van der Waals surface area contributed by atoms with Crippen molar-refractivity contribution in [3.05, 3.63) is 22.4 Å². The van der Waals surface area contributed by atoms with Crippen molar-refractivity contribution < 1.29 is 9.59 Å². The molecule has 2 amide bonds. The van der Waals surface area contributed by atoms with Crippen molar-refractivity contribution in [2.75, 3.05) is 39.8 Å². The molecule has 20 heavy (non-hydrogen) atoms. The summed E-state index contributed by atoms with van der Waals surface area (Å²) in [5.74, 6) is 0.248. The number of hydrogen-bond acceptors (Lipinski definition) is 4. The summed E-state index contributed by atoms with van der Waals surface area (Å²) >= 11 is 1.67. The van der Waals surface area contributed by atoms with Crippen LogP contribution in [0.25, 0.3) is 0 Å². The number of aryl methyl sites for hydroxylation is 1. The molecule has 1 aliphatic rings. The lowest BCUT2D eigenvalue weighted by molar-refractivity contribution is -0.133. The molecule has 6 heteroatoms. The fraction of sp³-hybridized carbons (Fsp3) is 0.571. The minimum absolute atomic E-state index is 0.0298. The van der Waals surface area contributed by atoms with E-state index in [-0.39, 0.29) is 11.8 Å². The second-order valence-corrected chi connectivity index (χ2v) is 5.74. The zero-order valence-electron chi connectivity index (χ0n) is 11.8. The Morgan fingerprint density at radius 2 is 2.05 bits per heavy atom. The summed E-state index contributed by atoms with van der Waals surface area (Å²) in [6, 6.07) is 2.07. The Morgan fingerprint density at radius 3 is 2.65 bits per heavy atom. The molecule has 0 spiro atoms. The van der Waals surface area contributed by atoms with E-state index >= 15 is 0 Å². The normalized spacial score (nSPS) is 16.1. The van der Waals surface area contributed by atoms with Gasteiger partial charge in [0.15, 0.2) is 0 Å². The van der Waals surface area contributed by atoms with Crippen LogP contribution in [0, 0.1) is 0 Å². The average Bonchev–Trinajstić information content (AvgIpc) is 2.98. The molecule has 110 valence electrons. The molecular formula is C14H21N3O2S. The van der Waals surface area contributed by atoms with Gasteiger partial charge in [0, 0.05) is 39.6 Å². The van der Waals surface area contributed by atoms with Crippen LogP contribution in [-0.4, -0.2) is 61.4 Å². The molecule has 0 aliphatic carbocycles. The van der Waals surface area contributed by atoms with Crippen molar-refractivity contribution in [3.8, 4) is 0 Å². The average molecular weight is 295 g/mol. The maximum atomic E-state index is 12.1. The predicted molar refractivity (Wildman–Crippen MR) is 79.7 cm³/mol. The molecule has 0 radical (unpaired) electrons. The standard InChI is InChI=1S/C14H21N3O2S/c1-15-13(18)10-16-5-7-17(8-6-16)14(19)3-2-12-4-9-20-11-12/h4,9,11H,2-3,5-8,10H2,1H3,(H,15,18). The van der Waals surface area contributed by atoms with Crippen LogP contribution >= 0.6 is 11.3 Å². The molecule has 2 rings (SSSR count). The summed E-state index contributed by atoms with van der Waals surface area (Å²) in [6.07, 6.45) is 1.40. The maximum Gasteiger partial charge on any atom is 0.233 e. The van der Waals surface area contributed by atoms with E-state index in [1.807, 2.05) is 10.3 Å². The first-order chi connectivity index (χ1) is 9.69. The summed E-state index contributed by atoms with van der Waals surface area (Å²) in [7, 11) is 1.65. The third-order valence-electron chi connectivity index (χ3n) is 3.58. The lowest BCUT2D eigenvalue weighted by Gasteiger charge is -2.34. The van der Waals surface area contributed by atoms with Crippen LogP contribution in [0.3, 0.4) is 0 Å². The molecule has 1 aliphatic heterocycles. The van der Waals surface area contributed by atoms with Crippen LogP contribution in [0.5, 0.6) is 0 Å². The maximum absolute atomic E-state index is 12.1. The minimum Gasteiger partial charge on any atom is -0.358 e. The number of carbonyl (C=O) groups excluding carboxylic acids is 2. The van der Waals surface area contributed by atoms with E-state index in [1.54, 1.807) is 18.4 Å². The van der Waals surface area contributed by atoms with E-state index < -0.39 is 0 Å². The van der Waals surface area contributed by atoms with Gasteiger partial charge in [0.2, 0.25) is 11.8 Å². The Hall–Kier alpha value is -1.40. The smallest absolute Gasteiger partial charge is 0.233 e. The fourth-order valence-corrected chi connectivity index (χ4v) is 2.98. The van der Waals surface area contributed by atoms with Gasteiger partial charge in [-0.05, 0) is 28.8 Å². The Bertz CT molecular complexity index is 439. The fourth-order valence-electron chi connectivity index (χ4n) is 2.28. The number of piperazine rings is 1. The van der Waals surface area contributed by atoms with E-state index in [9.17, 15) is 9.59 Å². The lowest BCUT2D eigenvalue weighted by Crippen LogP contribution is -2.50. The number of amides is 2. The molecule has 1 N–H and O–H groups in total. The summed E-state index contributed by atoms with van der Waals surface area (Å²) in [5.41, 5.74) is 1.24. The lowest BCUT2D eigenvalue weighted by atomic mass is 10.1. The third-order valence-corrected chi connectivity index (χ3v) is 4.31. The van der Waals surface area contributed by atoms with Gasteiger partial charge in [0.05, 0.1) is 6.54 Å². The third kappa shape index (κ3) is 4.31. The Morgan fingerprint density at radius 1 is 1.30 bits per heavy atom. The summed E-state index contributed by atoms with van der Waals surface area (Å²) in [4.78, 5) is 27.4. The van der Waals surface area contributed by atoms with Gasteiger partial charge in [0.1, 0.15) is 0 Å². The first kappa shape index (κ1) is 15.0.